The monoisotopic (exact) mass is 351 g/mol. The van der Waals surface area contributed by atoms with Crippen LogP contribution in [-0.2, 0) is 6.42 Å². The molecule has 0 saturated carbocycles. The van der Waals surface area contributed by atoms with Crippen molar-refractivity contribution in [3.05, 3.63) is 57.9 Å². The number of halogens is 2. The van der Waals surface area contributed by atoms with E-state index in [1.807, 2.05) is 18.2 Å². The molecule has 1 aromatic carbocycles. The van der Waals surface area contributed by atoms with Crippen molar-refractivity contribution in [1.29, 1.82) is 0 Å². The molecule has 0 bridgehead atoms. The van der Waals surface area contributed by atoms with E-state index in [0.717, 1.165) is 30.5 Å². The second kappa shape index (κ2) is 7.52. The first-order valence-corrected chi connectivity index (χ1v) is 7.78. The smallest absolute Gasteiger partial charge is 0.137 e. The molecule has 21 heavy (non-hydrogen) atoms. The number of hydrogen-bond donors (Lipinski definition) is 2. The van der Waals surface area contributed by atoms with Gasteiger partial charge in [0.15, 0.2) is 0 Å². The topological polar surface area (TPSA) is 50.9 Å². The summed E-state index contributed by atoms with van der Waals surface area (Å²) in [5.74, 6) is 0.288. The first-order valence-electron chi connectivity index (χ1n) is 6.99. The molecule has 0 aliphatic carbocycles. The van der Waals surface area contributed by atoms with Crippen molar-refractivity contribution in [3.8, 4) is 0 Å². The van der Waals surface area contributed by atoms with E-state index >= 15 is 0 Å². The fourth-order valence-corrected chi connectivity index (χ4v) is 2.60. The summed E-state index contributed by atoms with van der Waals surface area (Å²) in [5, 5.41) is 3.48. The SMILES string of the molecule is CCCNC(Cc1cccnc1N)c1ccc(F)c(Br)c1. The zero-order chi connectivity index (χ0) is 15.2. The molecule has 0 radical (unpaired) electrons. The third-order valence-corrected chi connectivity index (χ3v) is 3.94. The van der Waals surface area contributed by atoms with Crippen LogP contribution in [0.1, 0.15) is 30.5 Å². The minimum absolute atomic E-state index is 0.0772. The van der Waals surface area contributed by atoms with Crippen LogP contribution in [0.25, 0.3) is 0 Å². The van der Waals surface area contributed by atoms with Gasteiger partial charge in [-0.05, 0) is 64.6 Å². The van der Waals surface area contributed by atoms with E-state index in [1.165, 1.54) is 6.07 Å². The largest absolute Gasteiger partial charge is 0.383 e. The Morgan fingerprint density at radius 3 is 2.86 bits per heavy atom. The molecule has 0 spiro atoms. The average molecular weight is 352 g/mol. The van der Waals surface area contributed by atoms with Crippen LogP contribution < -0.4 is 11.1 Å². The zero-order valence-electron chi connectivity index (χ0n) is 11.9. The van der Waals surface area contributed by atoms with Crippen molar-refractivity contribution < 1.29 is 4.39 Å². The third kappa shape index (κ3) is 4.25. The molecule has 0 aliphatic heterocycles. The van der Waals surface area contributed by atoms with Gasteiger partial charge in [0.25, 0.3) is 0 Å². The number of hydrogen-bond acceptors (Lipinski definition) is 3. The molecule has 2 rings (SSSR count). The summed E-state index contributed by atoms with van der Waals surface area (Å²) in [6.45, 7) is 3.00. The van der Waals surface area contributed by atoms with Crippen LogP contribution in [0.2, 0.25) is 0 Å². The maximum atomic E-state index is 13.4. The van der Waals surface area contributed by atoms with Gasteiger partial charge in [0.05, 0.1) is 4.47 Å². The number of anilines is 1. The van der Waals surface area contributed by atoms with Gasteiger partial charge in [-0.1, -0.05) is 19.1 Å². The number of pyridine rings is 1. The van der Waals surface area contributed by atoms with Gasteiger partial charge in [0, 0.05) is 12.2 Å². The molecule has 3 N–H and O–H groups in total. The van der Waals surface area contributed by atoms with E-state index in [4.69, 9.17) is 5.73 Å². The Bertz CT molecular complexity index is 604. The Morgan fingerprint density at radius 2 is 2.19 bits per heavy atom. The minimum atomic E-state index is -0.256. The van der Waals surface area contributed by atoms with Crippen molar-refractivity contribution in [2.75, 3.05) is 12.3 Å². The van der Waals surface area contributed by atoms with Gasteiger partial charge >= 0.3 is 0 Å². The lowest BCUT2D eigenvalue weighted by atomic mass is 9.99. The lowest BCUT2D eigenvalue weighted by Gasteiger charge is -2.20. The molecule has 5 heteroatoms. The lowest BCUT2D eigenvalue weighted by molar-refractivity contribution is 0.527. The van der Waals surface area contributed by atoms with Crippen LogP contribution in [0, 0.1) is 5.82 Å². The van der Waals surface area contributed by atoms with Crippen molar-refractivity contribution in [3.63, 3.8) is 0 Å². The second-order valence-electron chi connectivity index (χ2n) is 4.93. The van der Waals surface area contributed by atoms with E-state index < -0.39 is 0 Å². The van der Waals surface area contributed by atoms with Gasteiger partial charge in [-0.15, -0.1) is 0 Å². The number of nitrogens with one attached hydrogen (secondary N) is 1. The Morgan fingerprint density at radius 1 is 1.38 bits per heavy atom. The summed E-state index contributed by atoms with van der Waals surface area (Å²) < 4.78 is 13.9. The molecule has 0 amide bonds. The van der Waals surface area contributed by atoms with E-state index in [0.29, 0.717) is 10.3 Å². The van der Waals surface area contributed by atoms with E-state index in [2.05, 4.69) is 33.2 Å². The maximum absolute atomic E-state index is 13.4. The lowest BCUT2D eigenvalue weighted by Crippen LogP contribution is -2.24. The quantitative estimate of drug-likeness (QED) is 0.830. The molecular formula is C16H19BrFN3. The highest BCUT2D eigenvalue weighted by molar-refractivity contribution is 9.10. The van der Waals surface area contributed by atoms with Crippen molar-refractivity contribution >= 4 is 21.7 Å². The molecular weight excluding hydrogens is 333 g/mol. The molecule has 112 valence electrons. The van der Waals surface area contributed by atoms with Crippen LogP contribution in [0.4, 0.5) is 10.2 Å². The summed E-state index contributed by atoms with van der Waals surface area (Å²) in [7, 11) is 0. The Hall–Kier alpha value is -1.46. The molecule has 1 unspecified atom stereocenters. The minimum Gasteiger partial charge on any atom is -0.383 e. The van der Waals surface area contributed by atoms with E-state index in [1.54, 1.807) is 12.3 Å². The van der Waals surface area contributed by atoms with Gasteiger partial charge in [-0.25, -0.2) is 9.37 Å². The van der Waals surface area contributed by atoms with Crippen LogP contribution in [0.15, 0.2) is 41.0 Å². The first kappa shape index (κ1) is 15.9. The Balaban J connectivity index is 2.25. The van der Waals surface area contributed by atoms with E-state index in [9.17, 15) is 4.39 Å². The van der Waals surface area contributed by atoms with Crippen molar-refractivity contribution in [2.24, 2.45) is 0 Å². The number of nitrogen functional groups attached to an aromatic ring is 1. The fourth-order valence-electron chi connectivity index (χ4n) is 2.20. The number of nitrogens with two attached hydrogens (primary N) is 1. The maximum Gasteiger partial charge on any atom is 0.137 e. The molecule has 0 saturated heterocycles. The van der Waals surface area contributed by atoms with Crippen molar-refractivity contribution in [2.45, 2.75) is 25.8 Å². The van der Waals surface area contributed by atoms with Gasteiger partial charge in [-0.2, -0.15) is 0 Å². The highest BCUT2D eigenvalue weighted by atomic mass is 79.9. The summed E-state index contributed by atoms with van der Waals surface area (Å²) in [4.78, 5) is 4.12. The summed E-state index contributed by atoms with van der Waals surface area (Å²) in [6.07, 6.45) is 3.43. The first-order chi connectivity index (χ1) is 10.1. The predicted molar refractivity (Wildman–Crippen MR) is 87.5 cm³/mol. The molecule has 0 fully saturated rings. The molecule has 1 heterocycles. The number of rotatable bonds is 6. The standard InChI is InChI=1S/C16H19BrFN3/c1-2-7-20-15(10-12-4-3-8-21-16(12)19)11-5-6-14(18)13(17)9-11/h3-6,8-9,15,20H,2,7,10H2,1H3,(H2,19,21). The average Bonchev–Trinajstić information content (AvgIpc) is 2.48. The van der Waals surface area contributed by atoms with Crippen LogP contribution in [0.5, 0.6) is 0 Å². The molecule has 1 aromatic heterocycles. The molecule has 1 atom stereocenters. The van der Waals surface area contributed by atoms with Crippen LogP contribution in [-0.4, -0.2) is 11.5 Å². The van der Waals surface area contributed by atoms with Gasteiger partial charge in [0.1, 0.15) is 11.6 Å². The predicted octanol–water partition coefficient (Wildman–Crippen LogP) is 3.85. The van der Waals surface area contributed by atoms with Crippen LogP contribution >= 0.6 is 15.9 Å². The molecule has 0 aliphatic rings. The number of nitrogens with zero attached hydrogens (tertiary/aromatic N) is 1. The van der Waals surface area contributed by atoms with Gasteiger partial charge in [0.2, 0.25) is 0 Å². The van der Waals surface area contributed by atoms with Gasteiger partial charge < -0.3 is 11.1 Å². The normalized spacial score (nSPS) is 12.3. The Kier molecular flexibility index (Phi) is 5.70. The molecule has 3 nitrogen and oxygen atoms in total. The Labute approximate surface area is 132 Å². The van der Waals surface area contributed by atoms with Gasteiger partial charge in [-0.3, -0.25) is 0 Å². The molecule has 2 aromatic rings. The third-order valence-electron chi connectivity index (χ3n) is 3.34. The highest BCUT2D eigenvalue weighted by Crippen LogP contribution is 2.25. The fraction of sp³-hybridized carbons (Fsp3) is 0.312. The highest BCUT2D eigenvalue weighted by Gasteiger charge is 2.15. The second-order valence-corrected chi connectivity index (χ2v) is 5.79. The summed E-state index contributed by atoms with van der Waals surface area (Å²) >= 11 is 3.24. The van der Waals surface area contributed by atoms with Crippen molar-refractivity contribution in [1.82, 2.24) is 10.3 Å². The van der Waals surface area contributed by atoms with Crippen LogP contribution in [0.3, 0.4) is 0 Å². The summed E-state index contributed by atoms with van der Waals surface area (Å²) in [6, 6.07) is 9.03. The summed E-state index contributed by atoms with van der Waals surface area (Å²) in [5.41, 5.74) is 7.94. The zero-order valence-corrected chi connectivity index (χ0v) is 13.5. The number of aromatic nitrogens is 1. The van der Waals surface area contributed by atoms with E-state index in [-0.39, 0.29) is 11.9 Å². The number of benzene rings is 1.